The van der Waals surface area contributed by atoms with Gasteiger partial charge in [-0.15, -0.1) is 0 Å². The molecule has 2 heterocycles. The van der Waals surface area contributed by atoms with Gasteiger partial charge < -0.3 is 5.32 Å². The Labute approximate surface area is 110 Å². The van der Waals surface area contributed by atoms with Gasteiger partial charge in [-0.1, -0.05) is 11.6 Å². The lowest BCUT2D eigenvalue weighted by atomic mass is 10.3. The molecule has 6 nitrogen and oxygen atoms in total. The van der Waals surface area contributed by atoms with Gasteiger partial charge in [0, 0.05) is 19.8 Å². The van der Waals surface area contributed by atoms with Gasteiger partial charge in [0.15, 0.2) is 0 Å². The van der Waals surface area contributed by atoms with Crippen molar-refractivity contribution in [2.45, 2.75) is 20.4 Å². The second-order valence-electron chi connectivity index (χ2n) is 3.92. The van der Waals surface area contributed by atoms with Crippen LogP contribution in [0.3, 0.4) is 0 Å². The summed E-state index contributed by atoms with van der Waals surface area (Å²) in [4.78, 5) is 12.1. The lowest BCUT2D eigenvalue weighted by Crippen LogP contribution is -2.17. The summed E-state index contributed by atoms with van der Waals surface area (Å²) in [7, 11) is 1.78. The van der Waals surface area contributed by atoms with Gasteiger partial charge >= 0.3 is 0 Å². The molecule has 96 valence electrons. The molecule has 1 amide bonds. The van der Waals surface area contributed by atoms with Crippen LogP contribution in [0.4, 0.5) is 5.69 Å². The summed E-state index contributed by atoms with van der Waals surface area (Å²) in [5.41, 5.74) is 1.65. The fourth-order valence-corrected chi connectivity index (χ4v) is 1.90. The van der Waals surface area contributed by atoms with Crippen molar-refractivity contribution in [3.05, 3.63) is 28.8 Å². The Bertz CT molecular complexity index is 586. The molecule has 2 rings (SSSR count). The van der Waals surface area contributed by atoms with E-state index < -0.39 is 0 Å². The quantitative estimate of drug-likeness (QED) is 0.923. The minimum atomic E-state index is -0.282. The van der Waals surface area contributed by atoms with Crippen molar-refractivity contribution in [2.75, 3.05) is 5.32 Å². The molecule has 0 aliphatic heterocycles. The molecule has 0 fully saturated rings. The van der Waals surface area contributed by atoms with Gasteiger partial charge in [0.1, 0.15) is 5.69 Å². The Morgan fingerprint density at radius 2 is 2.28 bits per heavy atom. The molecule has 0 atom stereocenters. The average Bonchev–Trinajstić information content (AvgIpc) is 2.84. The molecule has 0 saturated heterocycles. The Balaban J connectivity index is 2.28. The first kappa shape index (κ1) is 12.6. The van der Waals surface area contributed by atoms with E-state index in [9.17, 15) is 4.79 Å². The summed E-state index contributed by atoms with van der Waals surface area (Å²) < 4.78 is 3.20. The Morgan fingerprint density at radius 3 is 2.83 bits per heavy atom. The number of carbonyl (C=O) groups is 1. The first-order chi connectivity index (χ1) is 8.52. The van der Waals surface area contributed by atoms with Crippen LogP contribution in [0.2, 0.25) is 5.02 Å². The molecule has 0 aliphatic carbocycles. The van der Waals surface area contributed by atoms with Crippen LogP contribution in [0.15, 0.2) is 12.4 Å². The van der Waals surface area contributed by atoms with E-state index >= 15 is 0 Å². The van der Waals surface area contributed by atoms with E-state index in [-0.39, 0.29) is 5.91 Å². The summed E-state index contributed by atoms with van der Waals surface area (Å²) >= 11 is 6.09. The second-order valence-corrected chi connectivity index (χ2v) is 4.30. The maximum Gasteiger partial charge on any atom is 0.275 e. The number of nitrogens with zero attached hydrogens (tertiary/aromatic N) is 4. The first-order valence-corrected chi connectivity index (χ1v) is 5.93. The van der Waals surface area contributed by atoms with Crippen molar-refractivity contribution in [3.8, 4) is 0 Å². The molecule has 0 aromatic carbocycles. The molecule has 0 spiro atoms. The van der Waals surface area contributed by atoms with E-state index in [1.807, 2.05) is 6.92 Å². The lowest BCUT2D eigenvalue weighted by molar-refractivity contribution is 0.101. The van der Waals surface area contributed by atoms with E-state index in [2.05, 4.69) is 15.5 Å². The fourth-order valence-electron chi connectivity index (χ4n) is 1.68. The number of anilines is 1. The molecule has 0 radical (unpaired) electrons. The molecule has 18 heavy (non-hydrogen) atoms. The summed E-state index contributed by atoms with van der Waals surface area (Å²) in [6.45, 7) is 4.27. The second kappa shape index (κ2) is 4.81. The van der Waals surface area contributed by atoms with Gasteiger partial charge in [-0.2, -0.15) is 10.2 Å². The zero-order valence-electron chi connectivity index (χ0n) is 10.4. The number of hydrogen-bond donors (Lipinski definition) is 1. The predicted molar refractivity (Wildman–Crippen MR) is 68.8 cm³/mol. The highest BCUT2D eigenvalue weighted by Crippen LogP contribution is 2.21. The number of carbonyl (C=O) groups excluding carboxylic acids is 1. The molecular weight excluding hydrogens is 254 g/mol. The van der Waals surface area contributed by atoms with Crippen LogP contribution < -0.4 is 5.32 Å². The van der Waals surface area contributed by atoms with Crippen LogP contribution in [0.1, 0.15) is 23.1 Å². The van der Waals surface area contributed by atoms with Crippen molar-refractivity contribution in [1.82, 2.24) is 19.6 Å². The van der Waals surface area contributed by atoms with Crippen molar-refractivity contribution in [3.63, 3.8) is 0 Å². The third kappa shape index (κ3) is 2.24. The number of nitrogens with one attached hydrogen (secondary N) is 1. The monoisotopic (exact) mass is 267 g/mol. The third-order valence-electron chi connectivity index (χ3n) is 2.53. The molecule has 7 heteroatoms. The highest BCUT2D eigenvalue weighted by molar-refractivity contribution is 6.34. The van der Waals surface area contributed by atoms with E-state index in [1.165, 1.54) is 0 Å². The molecule has 2 aromatic rings. The number of amides is 1. The van der Waals surface area contributed by atoms with Gasteiger partial charge in [-0.3, -0.25) is 14.2 Å². The zero-order chi connectivity index (χ0) is 13.3. The van der Waals surface area contributed by atoms with Crippen molar-refractivity contribution >= 4 is 23.2 Å². The molecule has 0 saturated carbocycles. The average molecular weight is 268 g/mol. The van der Waals surface area contributed by atoms with Gasteiger partial charge in [0.05, 0.1) is 22.6 Å². The van der Waals surface area contributed by atoms with Crippen molar-refractivity contribution in [2.24, 2.45) is 7.05 Å². The van der Waals surface area contributed by atoms with Crippen LogP contribution in [-0.2, 0) is 13.6 Å². The summed E-state index contributed by atoms with van der Waals surface area (Å²) in [6.07, 6.45) is 3.29. The molecule has 1 N–H and O–H groups in total. The summed E-state index contributed by atoms with van der Waals surface area (Å²) in [5, 5.41) is 11.3. The highest BCUT2D eigenvalue weighted by atomic mass is 35.5. The molecule has 2 aromatic heterocycles. The van der Waals surface area contributed by atoms with Gasteiger partial charge in [0.2, 0.25) is 0 Å². The maximum absolute atomic E-state index is 12.1. The largest absolute Gasteiger partial charge is 0.318 e. The Hall–Kier alpha value is -1.82. The number of hydrogen-bond acceptors (Lipinski definition) is 3. The SMILES string of the molecule is CCn1nc(C)c(Cl)c1C(=O)Nc1cnn(C)c1. The van der Waals surface area contributed by atoms with Crippen LogP contribution in [0.5, 0.6) is 0 Å². The molecule has 0 bridgehead atoms. The maximum atomic E-state index is 12.1. The normalized spacial score (nSPS) is 10.7. The summed E-state index contributed by atoms with van der Waals surface area (Å²) in [5.74, 6) is -0.282. The minimum absolute atomic E-state index is 0.282. The minimum Gasteiger partial charge on any atom is -0.318 e. The predicted octanol–water partition coefficient (Wildman–Crippen LogP) is 1.85. The highest BCUT2D eigenvalue weighted by Gasteiger charge is 2.20. The van der Waals surface area contributed by atoms with Crippen molar-refractivity contribution < 1.29 is 4.79 Å². The molecule has 0 aliphatic rings. The van der Waals surface area contributed by atoms with Gasteiger partial charge in [0.25, 0.3) is 5.91 Å². The van der Waals surface area contributed by atoms with Gasteiger partial charge in [-0.05, 0) is 13.8 Å². The van der Waals surface area contributed by atoms with Crippen LogP contribution in [0.25, 0.3) is 0 Å². The van der Waals surface area contributed by atoms with Crippen LogP contribution in [0, 0.1) is 6.92 Å². The molecule has 0 unspecified atom stereocenters. The van der Waals surface area contributed by atoms with E-state index in [0.29, 0.717) is 28.6 Å². The Morgan fingerprint density at radius 1 is 1.56 bits per heavy atom. The Kier molecular flexibility index (Phi) is 3.38. The van der Waals surface area contributed by atoms with Crippen molar-refractivity contribution in [1.29, 1.82) is 0 Å². The number of aryl methyl sites for hydroxylation is 3. The number of rotatable bonds is 3. The number of halogens is 1. The first-order valence-electron chi connectivity index (χ1n) is 5.55. The van der Waals surface area contributed by atoms with E-state index in [0.717, 1.165) is 0 Å². The summed E-state index contributed by atoms with van der Waals surface area (Å²) in [6, 6.07) is 0. The van der Waals surface area contributed by atoms with E-state index in [4.69, 9.17) is 11.6 Å². The van der Waals surface area contributed by atoms with Crippen LogP contribution >= 0.6 is 11.6 Å². The fraction of sp³-hybridized carbons (Fsp3) is 0.364. The molecular formula is C11H14ClN5O. The van der Waals surface area contributed by atoms with Crippen LogP contribution in [-0.4, -0.2) is 25.5 Å². The number of aromatic nitrogens is 4. The van der Waals surface area contributed by atoms with E-state index in [1.54, 1.807) is 35.7 Å². The smallest absolute Gasteiger partial charge is 0.275 e. The lowest BCUT2D eigenvalue weighted by Gasteiger charge is -2.05. The van der Waals surface area contributed by atoms with Gasteiger partial charge in [-0.25, -0.2) is 0 Å². The third-order valence-corrected chi connectivity index (χ3v) is 2.98. The standard InChI is InChI=1S/C11H14ClN5O/c1-4-17-10(9(12)7(2)15-17)11(18)14-8-5-13-16(3)6-8/h5-6H,4H2,1-3H3,(H,14,18). The topological polar surface area (TPSA) is 64.7 Å². The zero-order valence-corrected chi connectivity index (χ0v) is 11.2.